The number of para-hydroxylation sites is 1. The molecular formula is C23H29ClN4O3S. The Morgan fingerprint density at radius 2 is 1.75 bits per heavy atom. The van der Waals surface area contributed by atoms with Crippen molar-refractivity contribution in [3.63, 3.8) is 0 Å². The predicted molar refractivity (Wildman–Crippen MR) is 129 cm³/mol. The normalized spacial score (nSPS) is 15.7. The molecule has 1 heterocycles. The number of amides is 1. The molecule has 1 aliphatic rings. The fourth-order valence-electron chi connectivity index (χ4n) is 3.32. The lowest BCUT2D eigenvalue weighted by atomic mass is 10.2. The number of nitrogens with one attached hydrogen (secondary N) is 2. The van der Waals surface area contributed by atoms with E-state index in [4.69, 9.17) is 11.6 Å². The minimum absolute atomic E-state index is 0.114. The fourth-order valence-corrected chi connectivity index (χ4v) is 4.64. The number of anilines is 1. The highest BCUT2D eigenvalue weighted by molar-refractivity contribution is 7.92. The number of sulfonamides is 1. The maximum atomic E-state index is 12.6. The molecule has 2 aromatic carbocycles. The Bertz CT molecular complexity index is 1030. The molecule has 2 aromatic rings. The summed E-state index contributed by atoms with van der Waals surface area (Å²) in [5.41, 5.74) is 1.05. The number of piperazine rings is 1. The topological polar surface area (TPSA) is 81.8 Å². The van der Waals surface area contributed by atoms with E-state index in [0.29, 0.717) is 17.3 Å². The number of hydrogen-bond donors (Lipinski definition) is 2. The third-order valence-corrected chi connectivity index (χ3v) is 6.99. The lowest BCUT2D eigenvalue weighted by molar-refractivity contribution is -0.116. The average molecular weight is 477 g/mol. The summed E-state index contributed by atoms with van der Waals surface area (Å²) in [5, 5.41) is 3.21. The molecule has 1 aliphatic heterocycles. The third-order valence-electron chi connectivity index (χ3n) is 5.28. The summed E-state index contributed by atoms with van der Waals surface area (Å²) in [5.74, 6) is -0.166. The first-order valence-corrected chi connectivity index (χ1v) is 12.4. The van der Waals surface area contributed by atoms with Gasteiger partial charge in [0.2, 0.25) is 5.91 Å². The van der Waals surface area contributed by atoms with Gasteiger partial charge in [-0.2, -0.15) is 0 Å². The van der Waals surface area contributed by atoms with E-state index in [-0.39, 0.29) is 10.8 Å². The van der Waals surface area contributed by atoms with Crippen LogP contribution in [-0.2, 0) is 14.8 Å². The predicted octanol–water partition coefficient (Wildman–Crippen LogP) is 2.91. The molecule has 3 rings (SSSR count). The summed E-state index contributed by atoms with van der Waals surface area (Å²) in [6.45, 7) is 5.93. The third kappa shape index (κ3) is 7.34. The minimum Gasteiger partial charge on any atom is -0.353 e. The molecule has 172 valence electrons. The summed E-state index contributed by atoms with van der Waals surface area (Å²) in [4.78, 5) is 16.9. The molecule has 2 N–H and O–H groups in total. The van der Waals surface area contributed by atoms with Gasteiger partial charge in [0.15, 0.2) is 0 Å². The quantitative estimate of drug-likeness (QED) is 0.429. The van der Waals surface area contributed by atoms with Gasteiger partial charge in [-0.1, -0.05) is 35.9 Å². The lowest BCUT2D eigenvalue weighted by Gasteiger charge is -2.32. The zero-order valence-electron chi connectivity index (χ0n) is 18.1. The van der Waals surface area contributed by atoms with E-state index in [0.717, 1.165) is 44.7 Å². The van der Waals surface area contributed by atoms with Gasteiger partial charge in [0, 0.05) is 38.8 Å². The molecule has 1 saturated heterocycles. The van der Waals surface area contributed by atoms with Gasteiger partial charge in [0.25, 0.3) is 10.0 Å². The summed E-state index contributed by atoms with van der Waals surface area (Å²) in [6.07, 6.45) is 4.03. The molecule has 0 saturated carbocycles. The van der Waals surface area contributed by atoms with Gasteiger partial charge >= 0.3 is 0 Å². The number of carbonyl (C=O) groups excluding carboxylic acids is 1. The maximum absolute atomic E-state index is 12.6. The van der Waals surface area contributed by atoms with Crippen LogP contribution in [0, 0.1) is 0 Å². The van der Waals surface area contributed by atoms with Crippen LogP contribution in [0.2, 0.25) is 5.02 Å². The Hall–Kier alpha value is -2.39. The van der Waals surface area contributed by atoms with E-state index in [9.17, 15) is 13.2 Å². The van der Waals surface area contributed by atoms with Crippen molar-refractivity contribution in [2.45, 2.75) is 11.3 Å². The fraction of sp³-hybridized carbons (Fsp3) is 0.348. The SMILES string of the molecule is CN1CCN(CCCNC(=O)C=Cc2ccc(S(=O)(=O)Nc3ccccc3Cl)cc2)CC1. The molecule has 0 radical (unpaired) electrons. The number of benzene rings is 2. The molecule has 1 amide bonds. The van der Waals surface area contributed by atoms with Crippen LogP contribution in [0.5, 0.6) is 0 Å². The van der Waals surface area contributed by atoms with E-state index >= 15 is 0 Å². The highest BCUT2D eigenvalue weighted by atomic mass is 35.5. The van der Waals surface area contributed by atoms with E-state index in [1.54, 1.807) is 42.5 Å². The monoisotopic (exact) mass is 476 g/mol. The number of halogens is 1. The van der Waals surface area contributed by atoms with Crippen LogP contribution in [0.1, 0.15) is 12.0 Å². The van der Waals surface area contributed by atoms with Crippen LogP contribution in [0.15, 0.2) is 59.5 Å². The van der Waals surface area contributed by atoms with Gasteiger partial charge in [-0.3, -0.25) is 9.52 Å². The van der Waals surface area contributed by atoms with Crippen LogP contribution in [-0.4, -0.2) is 70.4 Å². The highest BCUT2D eigenvalue weighted by Crippen LogP contribution is 2.24. The first-order chi connectivity index (χ1) is 15.3. The summed E-state index contributed by atoms with van der Waals surface area (Å²) in [6, 6.07) is 12.9. The minimum atomic E-state index is -3.76. The molecule has 0 aliphatic carbocycles. The van der Waals surface area contributed by atoms with Crippen molar-refractivity contribution in [2.75, 3.05) is 51.0 Å². The van der Waals surface area contributed by atoms with Gasteiger partial charge in [-0.25, -0.2) is 8.42 Å². The zero-order chi connectivity index (χ0) is 23.0. The molecule has 0 bridgehead atoms. The number of nitrogens with zero attached hydrogens (tertiary/aromatic N) is 2. The lowest BCUT2D eigenvalue weighted by Crippen LogP contribution is -2.45. The molecule has 0 spiro atoms. The van der Waals surface area contributed by atoms with Gasteiger partial charge in [-0.05, 0) is 55.9 Å². The molecule has 9 heteroatoms. The van der Waals surface area contributed by atoms with Crippen molar-refractivity contribution < 1.29 is 13.2 Å². The van der Waals surface area contributed by atoms with Gasteiger partial charge in [-0.15, -0.1) is 0 Å². The number of carbonyl (C=O) groups is 1. The van der Waals surface area contributed by atoms with E-state index in [1.165, 1.54) is 18.2 Å². The van der Waals surface area contributed by atoms with Crippen LogP contribution in [0.25, 0.3) is 6.08 Å². The molecule has 0 aromatic heterocycles. The largest absolute Gasteiger partial charge is 0.353 e. The Labute approximate surface area is 195 Å². The van der Waals surface area contributed by atoms with Crippen LogP contribution in [0.3, 0.4) is 0 Å². The Morgan fingerprint density at radius 3 is 2.44 bits per heavy atom. The summed E-state index contributed by atoms with van der Waals surface area (Å²) < 4.78 is 27.6. The van der Waals surface area contributed by atoms with Crippen LogP contribution >= 0.6 is 11.6 Å². The number of hydrogen-bond acceptors (Lipinski definition) is 5. The second-order valence-electron chi connectivity index (χ2n) is 7.78. The average Bonchev–Trinajstić information content (AvgIpc) is 2.78. The van der Waals surface area contributed by atoms with E-state index < -0.39 is 10.0 Å². The smallest absolute Gasteiger partial charge is 0.261 e. The van der Waals surface area contributed by atoms with Crippen molar-refractivity contribution in [1.29, 1.82) is 0 Å². The number of likely N-dealkylation sites (N-methyl/N-ethyl adjacent to an activating group) is 1. The summed E-state index contributed by atoms with van der Waals surface area (Å²) in [7, 11) is -1.62. The molecule has 0 atom stereocenters. The second-order valence-corrected chi connectivity index (χ2v) is 9.87. The molecule has 7 nitrogen and oxygen atoms in total. The molecule has 32 heavy (non-hydrogen) atoms. The maximum Gasteiger partial charge on any atom is 0.261 e. The van der Waals surface area contributed by atoms with Crippen molar-refractivity contribution >= 4 is 39.3 Å². The van der Waals surface area contributed by atoms with Crippen LogP contribution < -0.4 is 10.0 Å². The van der Waals surface area contributed by atoms with E-state index in [2.05, 4.69) is 26.9 Å². The molecule has 0 unspecified atom stereocenters. The standard InChI is InChI=1S/C23H29ClN4O3S/c1-27-15-17-28(18-16-27)14-4-13-25-23(29)12-9-19-7-10-20(11-8-19)32(30,31)26-22-6-3-2-5-21(22)24/h2-3,5-12,26H,4,13-18H2,1H3,(H,25,29). The molecular weight excluding hydrogens is 448 g/mol. The number of rotatable bonds is 9. The van der Waals surface area contributed by atoms with Crippen molar-refractivity contribution in [3.8, 4) is 0 Å². The summed E-state index contributed by atoms with van der Waals surface area (Å²) >= 11 is 6.03. The zero-order valence-corrected chi connectivity index (χ0v) is 19.7. The highest BCUT2D eigenvalue weighted by Gasteiger charge is 2.15. The van der Waals surface area contributed by atoms with Gasteiger partial charge in [0.05, 0.1) is 15.6 Å². The first kappa shape index (κ1) is 24.3. The first-order valence-electron chi connectivity index (χ1n) is 10.6. The Kier molecular flexibility index (Phi) is 8.69. The van der Waals surface area contributed by atoms with Crippen molar-refractivity contribution in [1.82, 2.24) is 15.1 Å². The molecule has 1 fully saturated rings. The second kappa shape index (κ2) is 11.5. The van der Waals surface area contributed by atoms with Gasteiger partial charge < -0.3 is 15.1 Å². The van der Waals surface area contributed by atoms with E-state index in [1.807, 2.05) is 0 Å². The Morgan fingerprint density at radius 1 is 1.06 bits per heavy atom. The van der Waals surface area contributed by atoms with Crippen LogP contribution in [0.4, 0.5) is 5.69 Å². The Balaban J connectivity index is 1.45. The van der Waals surface area contributed by atoms with Crippen molar-refractivity contribution in [3.05, 3.63) is 65.2 Å². The van der Waals surface area contributed by atoms with Gasteiger partial charge in [0.1, 0.15) is 0 Å². The van der Waals surface area contributed by atoms with Crippen molar-refractivity contribution in [2.24, 2.45) is 0 Å².